The Morgan fingerprint density at radius 2 is 1.85 bits per heavy atom. The standard InChI is InChI=1S/C8H4Br2N2S/c9-6-3-7(10)12-8(11-6)5-1-2-13-4-5/h1-4H. The quantitative estimate of drug-likeness (QED) is 0.748. The van der Waals surface area contributed by atoms with Gasteiger partial charge in [0.05, 0.1) is 0 Å². The fraction of sp³-hybridized carbons (Fsp3) is 0. The summed E-state index contributed by atoms with van der Waals surface area (Å²) in [6, 6.07) is 3.81. The zero-order valence-corrected chi connectivity index (χ0v) is 10.4. The summed E-state index contributed by atoms with van der Waals surface area (Å²) in [6.07, 6.45) is 0. The summed E-state index contributed by atoms with van der Waals surface area (Å²) in [5.74, 6) is 0.738. The van der Waals surface area contributed by atoms with Gasteiger partial charge in [0.25, 0.3) is 0 Å². The van der Waals surface area contributed by atoms with Gasteiger partial charge in [-0.05, 0) is 43.3 Å². The van der Waals surface area contributed by atoms with Crippen molar-refractivity contribution in [3.8, 4) is 11.4 Å². The Morgan fingerprint density at radius 1 is 1.15 bits per heavy atom. The van der Waals surface area contributed by atoms with Gasteiger partial charge >= 0.3 is 0 Å². The molecule has 0 amide bonds. The molecule has 0 aliphatic heterocycles. The lowest BCUT2D eigenvalue weighted by atomic mass is 10.3. The number of hydrogen-bond acceptors (Lipinski definition) is 3. The normalized spacial score (nSPS) is 10.3. The Kier molecular flexibility index (Phi) is 2.76. The molecule has 0 spiro atoms. The number of thiophene rings is 1. The van der Waals surface area contributed by atoms with E-state index in [0.29, 0.717) is 0 Å². The molecule has 0 bridgehead atoms. The number of halogens is 2. The third-order valence-electron chi connectivity index (χ3n) is 1.44. The lowest BCUT2D eigenvalue weighted by molar-refractivity contribution is 1.12. The van der Waals surface area contributed by atoms with Crippen molar-refractivity contribution in [2.45, 2.75) is 0 Å². The van der Waals surface area contributed by atoms with Gasteiger partial charge in [-0.1, -0.05) is 0 Å². The van der Waals surface area contributed by atoms with Gasteiger partial charge in [-0.2, -0.15) is 11.3 Å². The molecule has 0 aliphatic carbocycles. The van der Waals surface area contributed by atoms with Crippen LogP contribution in [0.4, 0.5) is 0 Å². The van der Waals surface area contributed by atoms with Crippen LogP contribution in [0.2, 0.25) is 0 Å². The van der Waals surface area contributed by atoms with Crippen molar-refractivity contribution in [2.75, 3.05) is 0 Å². The predicted octanol–water partition coefficient (Wildman–Crippen LogP) is 3.73. The molecule has 5 heteroatoms. The molecule has 0 saturated heterocycles. The summed E-state index contributed by atoms with van der Waals surface area (Å²) in [6.45, 7) is 0. The molecule has 0 radical (unpaired) electrons. The molecule has 2 heterocycles. The molecule has 66 valence electrons. The van der Waals surface area contributed by atoms with Crippen molar-refractivity contribution < 1.29 is 0 Å². The highest BCUT2D eigenvalue weighted by Crippen LogP contribution is 2.22. The number of hydrogen-bond donors (Lipinski definition) is 0. The van der Waals surface area contributed by atoms with E-state index >= 15 is 0 Å². The molecule has 0 fully saturated rings. The van der Waals surface area contributed by atoms with Gasteiger partial charge in [-0.15, -0.1) is 0 Å². The number of aromatic nitrogens is 2. The summed E-state index contributed by atoms with van der Waals surface area (Å²) in [4.78, 5) is 8.52. The molecule has 2 aromatic heterocycles. The molecule has 0 saturated carbocycles. The zero-order chi connectivity index (χ0) is 9.26. The minimum absolute atomic E-state index is 0.738. The molecule has 0 N–H and O–H groups in total. The Morgan fingerprint density at radius 3 is 2.38 bits per heavy atom. The molecule has 0 aromatic carbocycles. The van der Waals surface area contributed by atoms with Gasteiger partial charge in [-0.3, -0.25) is 0 Å². The third-order valence-corrected chi connectivity index (χ3v) is 2.94. The molecular weight excluding hydrogens is 316 g/mol. The Hall–Kier alpha value is -0.260. The highest BCUT2D eigenvalue weighted by Gasteiger charge is 2.03. The maximum absolute atomic E-state index is 4.26. The van der Waals surface area contributed by atoms with Gasteiger partial charge in [0, 0.05) is 17.0 Å². The van der Waals surface area contributed by atoms with E-state index in [-0.39, 0.29) is 0 Å². The molecule has 0 aliphatic rings. The first kappa shape index (κ1) is 9.30. The monoisotopic (exact) mass is 318 g/mol. The van der Waals surface area contributed by atoms with Gasteiger partial charge in [0.1, 0.15) is 9.21 Å². The SMILES string of the molecule is Brc1cc(Br)nc(-c2ccsc2)n1. The van der Waals surface area contributed by atoms with Crippen LogP contribution in [0, 0.1) is 0 Å². The van der Waals surface area contributed by atoms with Crippen molar-refractivity contribution in [2.24, 2.45) is 0 Å². The van der Waals surface area contributed by atoms with Crippen LogP contribution in [0.25, 0.3) is 11.4 Å². The van der Waals surface area contributed by atoms with Crippen molar-refractivity contribution in [1.29, 1.82) is 0 Å². The zero-order valence-electron chi connectivity index (χ0n) is 6.37. The molecule has 2 aromatic rings. The van der Waals surface area contributed by atoms with Crippen molar-refractivity contribution in [1.82, 2.24) is 9.97 Å². The largest absolute Gasteiger partial charge is 0.221 e. The van der Waals surface area contributed by atoms with Crippen LogP contribution in [0.15, 0.2) is 32.1 Å². The Balaban J connectivity index is 2.53. The number of rotatable bonds is 1. The first-order valence-electron chi connectivity index (χ1n) is 3.48. The summed E-state index contributed by atoms with van der Waals surface area (Å²) < 4.78 is 1.58. The first-order valence-corrected chi connectivity index (χ1v) is 6.01. The topological polar surface area (TPSA) is 25.8 Å². The summed E-state index contributed by atoms with van der Waals surface area (Å²) >= 11 is 8.28. The second-order valence-corrected chi connectivity index (χ2v) is 4.75. The fourth-order valence-corrected chi connectivity index (χ4v) is 2.62. The van der Waals surface area contributed by atoms with Gasteiger partial charge < -0.3 is 0 Å². The summed E-state index contributed by atoms with van der Waals surface area (Å²) in [5, 5.41) is 4.03. The maximum atomic E-state index is 4.26. The van der Waals surface area contributed by atoms with Crippen molar-refractivity contribution in [3.05, 3.63) is 32.1 Å². The van der Waals surface area contributed by atoms with E-state index < -0.39 is 0 Å². The van der Waals surface area contributed by atoms with Crippen molar-refractivity contribution in [3.63, 3.8) is 0 Å². The minimum atomic E-state index is 0.738. The van der Waals surface area contributed by atoms with Crippen LogP contribution < -0.4 is 0 Å². The molecule has 2 nitrogen and oxygen atoms in total. The Labute approximate surface area is 96.3 Å². The first-order chi connectivity index (χ1) is 6.25. The van der Waals surface area contributed by atoms with E-state index in [0.717, 1.165) is 20.6 Å². The van der Waals surface area contributed by atoms with Crippen LogP contribution in [-0.2, 0) is 0 Å². The summed E-state index contributed by atoms with van der Waals surface area (Å²) in [5.41, 5.74) is 1.05. The second kappa shape index (κ2) is 3.86. The van der Waals surface area contributed by atoms with Gasteiger partial charge in [0.2, 0.25) is 0 Å². The second-order valence-electron chi connectivity index (χ2n) is 2.35. The lowest BCUT2D eigenvalue weighted by Crippen LogP contribution is -1.88. The molecule has 0 atom stereocenters. The van der Waals surface area contributed by atoms with E-state index in [1.807, 2.05) is 22.9 Å². The average Bonchev–Trinajstić information content (AvgIpc) is 2.53. The van der Waals surface area contributed by atoms with Gasteiger partial charge in [-0.25, -0.2) is 9.97 Å². The average molecular weight is 320 g/mol. The Bertz CT molecular complexity index is 394. The van der Waals surface area contributed by atoms with E-state index in [2.05, 4.69) is 41.8 Å². The summed E-state index contributed by atoms with van der Waals surface area (Å²) in [7, 11) is 0. The number of nitrogens with zero attached hydrogens (tertiary/aromatic N) is 2. The third kappa shape index (κ3) is 2.15. The smallest absolute Gasteiger partial charge is 0.162 e. The van der Waals surface area contributed by atoms with E-state index in [4.69, 9.17) is 0 Å². The lowest BCUT2D eigenvalue weighted by Gasteiger charge is -1.97. The molecule has 13 heavy (non-hydrogen) atoms. The van der Waals surface area contributed by atoms with Crippen LogP contribution in [0.3, 0.4) is 0 Å². The van der Waals surface area contributed by atoms with Crippen LogP contribution in [-0.4, -0.2) is 9.97 Å². The minimum Gasteiger partial charge on any atom is -0.221 e. The van der Waals surface area contributed by atoms with Crippen LogP contribution in [0.5, 0.6) is 0 Å². The van der Waals surface area contributed by atoms with Crippen molar-refractivity contribution >= 4 is 43.2 Å². The molecule has 0 unspecified atom stereocenters. The van der Waals surface area contributed by atoms with Crippen LogP contribution >= 0.6 is 43.2 Å². The van der Waals surface area contributed by atoms with Crippen LogP contribution in [0.1, 0.15) is 0 Å². The van der Waals surface area contributed by atoms with E-state index in [9.17, 15) is 0 Å². The fourth-order valence-electron chi connectivity index (χ4n) is 0.911. The maximum Gasteiger partial charge on any atom is 0.162 e. The predicted molar refractivity (Wildman–Crippen MR) is 60.7 cm³/mol. The molecule has 2 rings (SSSR count). The molecular formula is C8H4Br2N2S. The highest BCUT2D eigenvalue weighted by atomic mass is 79.9. The van der Waals surface area contributed by atoms with Gasteiger partial charge in [0.15, 0.2) is 5.82 Å². The highest BCUT2D eigenvalue weighted by molar-refractivity contribution is 9.11. The van der Waals surface area contributed by atoms with E-state index in [1.165, 1.54) is 0 Å². The van der Waals surface area contributed by atoms with E-state index in [1.54, 1.807) is 11.3 Å².